The average molecular weight is 424 g/mol. The van der Waals surface area contributed by atoms with Crippen LogP contribution in [0.25, 0.3) is 10.2 Å². The summed E-state index contributed by atoms with van der Waals surface area (Å²) in [7, 11) is 0. The highest BCUT2D eigenvalue weighted by Crippen LogP contribution is 2.32. The van der Waals surface area contributed by atoms with Crippen LogP contribution in [0.3, 0.4) is 0 Å². The highest BCUT2D eigenvalue weighted by molar-refractivity contribution is 7.98. The van der Waals surface area contributed by atoms with Crippen LogP contribution in [0, 0.1) is 5.82 Å². The molecule has 0 bridgehead atoms. The number of hydrogen-bond donors (Lipinski definition) is 0. The third kappa shape index (κ3) is 4.63. The summed E-state index contributed by atoms with van der Waals surface area (Å²) >= 11 is 3.17. The molecule has 2 aromatic heterocycles. The Bertz CT molecular complexity index is 1130. The van der Waals surface area contributed by atoms with Gasteiger partial charge in [-0.15, -0.1) is 11.8 Å². The predicted octanol–water partition coefficient (Wildman–Crippen LogP) is 5.33. The van der Waals surface area contributed by atoms with Gasteiger partial charge in [-0.2, -0.15) is 0 Å². The Kier molecular flexibility index (Phi) is 5.87. The molecule has 146 valence electrons. The molecule has 4 nitrogen and oxygen atoms in total. The molecule has 0 saturated heterocycles. The molecule has 0 spiro atoms. The number of halogens is 1. The summed E-state index contributed by atoms with van der Waals surface area (Å²) in [4.78, 5) is 24.9. The molecule has 0 aliphatic rings. The summed E-state index contributed by atoms with van der Waals surface area (Å²) in [6.45, 7) is 0.378. The number of carbonyl (C=O) groups is 1. The molecule has 4 aromatic rings. The van der Waals surface area contributed by atoms with Crippen molar-refractivity contribution in [2.45, 2.75) is 17.9 Å². The second-order valence-corrected chi connectivity index (χ2v) is 8.36. The zero-order valence-electron chi connectivity index (χ0n) is 15.7. The van der Waals surface area contributed by atoms with Gasteiger partial charge in [0, 0.05) is 17.3 Å². The Morgan fingerprint density at radius 2 is 1.97 bits per heavy atom. The van der Waals surface area contributed by atoms with E-state index < -0.39 is 0 Å². The number of fused-ring (bicyclic) bond motifs is 1. The van der Waals surface area contributed by atoms with Crippen LogP contribution in [0.4, 0.5) is 9.52 Å². The molecular weight excluding hydrogens is 405 g/mol. The highest BCUT2D eigenvalue weighted by Gasteiger charge is 2.21. The Balaban J connectivity index is 1.67. The van der Waals surface area contributed by atoms with Crippen molar-refractivity contribution in [1.29, 1.82) is 0 Å². The number of aromatic nitrogens is 2. The summed E-state index contributed by atoms with van der Waals surface area (Å²) in [5, 5.41) is 0.647. The summed E-state index contributed by atoms with van der Waals surface area (Å²) in [6, 6.07) is 15.9. The fourth-order valence-corrected chi connectivity index (χ4v) is 4.48. The van der Waals surface area contributed by atoms with Gasteiger partial charge in [-0.3, -0.25) is 14.7 Å². The lowest BCUT2D eigenvalue weighted by molar-refractivity contribution is -0.118. The van der Waals surface area contributed by atoms with E-state index >= 15 is 0 Å². The minimum atomic E-state index is -0.316. The topological polar surface area (TPSA) is 46.1 Å². The second kappa shape index (κ2) is 8.71. The lowest BCUT2D eigenvalue weighted by atomic mass is 10.1. The molecule has 1 amide bonds. The first-order valence-corrected chi connectivity index (χ1v) is 11.0. The number of pyridine rings is 1. The van der Waals surface area contributed by atoms with E-state index in [1.54, 1.807) is 41.2 Å². The molecule has 7 heteroatoms. The first-order chi connectivity index (χ1) is 14.1. The standard InChI is InChI=1S/C22H18FN3OS2/c1-28-18-8-9-19-20(12-18)29-22(25-19)26(14-16-3-2-10-24-13-16)21(27)11-15-4-6-17(23)7-5-15/h2-10,12-13H,11,14H2,1H3. The highest BCUT2D eigenvalue weighted by atomic mass is 32.2. The van der Waals surface area contributed by atoms with Gasteiger partial charge >= 0.3 is 0 Å². The van der Waals surface area contributed by atoms with Crippen molar-refractivity contribution in [1.82, 2.24) is 9.97 Å². The number of carbonyl (C=O) groups excluding carboxylic acids is 1. The molecule has 0 saturated carbocycles. The number of rotatable bonds is 6. The molecule has 4 rings (SSSR count). The maximum atomic E-state index is 13.2. The number of anilines is 1. The van der Waals surface area contributed by atoms with Crippen molar-refractivity contribution in [3.8, 4) is 0 Å². The number of amides is 1. The summed E-state index contributed by atoms with van der Waals surface area (Å²) < 4.78 is 14.2. The minimum absolute atomic E-state index is 0.0930. The number of benzene rings is 2. The van der Waals surface area contributed by atoms with Gasteiger partial charge in [-0.1, -0.05) is 29.5 Å². The Morgan fingerprint density at radius 3 is 2.69 bits per heavy atom. The SMILES string of the molecule is CSc1ccc2nc(N(Cc3cccnc3)C(=O)Cc3ccc(F)cc3)sc2c1. The van der Waals surface area contributed by atoms with Gasteiger partial charge in [0.15, 0.2) is 5.13 Å². The Morgan fingerprint density at radius 1 is 1.14 bits per heavy atom. The van der Waals surface area contributed by atoms with Crippen molar-refractivity contribution in [3.05, 3.63) is 83.9 Å². The van der Waals surface area contributed by atoms with Crippen LogP contribution < -0.4 is 4.90 Å². The zero-order chi connectivity index (χ0) is 20.2. The quantitative estimate of drug-likeness (QED) is 0.393. The van der Waals surface area contributed by atoms with E-state index in [2.05, 4.69) is 11.1 Å². The zero-order valence-corrected chi connectivity index (χ0v) is 17.3. The minimum Gasteiger partial charge on any atom is -0.283 e. The number of nitrogens with zero attached hydrogens (tertiary/aromatic N) is 3. The van der Waals surface area contributed by atoms with E-state index in [1.807, 2.05) is 30.5 Å². The van der Waals surface area contributed by atoms with Crippen LogP contribution in [0.2, 0.25) is 0 Å². The first kappa shape index (κ1) is 19.5. The lowest BCUT2D eigenvalue weighted by Crippen LogP contribution is -2.31. The fraction of sp³-hybridized carbons (Fsp3) is 0.136. The second-order valence-electron chi connectivity index (χ2n) is 6.47. The molecule has 0 atom stereocenters. The smallest absolute Gasteiger partial charge is 0.233 e. The number of hydrogen-bond acceptors (Lipinski definition) is 5. The van der Waals surface area contributed by atoms with E-state index in [0.717, 1.165) is 26.2 Å². The van der Waals surface area contributed by atoms with Crippen LogP contribution in [-0.4, -0.2) is 22.1 Å². The van der Waals surface area contributed by atoms with Crippen molar-refractivity contribution in [3.63, 3.8) is 0 Å². The summed E-state index contributed by atoms with van der Waals surface area (Å²) in [5.74, 6) is -0.409. The van der Waals surface area contributed by atoms with Gasteiger partial charge in [0.05, 0.1) is 23.2 Å². The third-order valence-electron chi connectivity index (χ3n) is 4.45. The molecule has 0 fully saturated rings. The normalized spacial score (nSPS) is 11.0. The van der Waals surface area contributed by atoms with E-state index in [1.165, 1.54) is 23.5 Å². The van der Waals surface area contributed by atoms with Crippen LogP contribution in [0.1, 0.15) is 11.1 Å². The lowest BCUT2D eigenvalue weighted by Gasteiger charge is -2.20. The Labute approximate surface area is 176 Å². The van der Waals surface area contributed by atoms with Crippen molar-refractivity contribution >= 4 is 44.4 Å². The Hall–Kier alpha value is -2.77. The first-order valence-electron chi connectivity index (χ1n) is 9.00. The van der Waals surface area contributed by atoms with Crippen molar-refractivity contribution in [2.75, 3.05) is 11.2 Å². The average Bonchev–Trinajstić information content (AvgIpc) is 3.17. The van der Waals surface area contributed by atoms with E-state index in [0.29, 0.717) is 11.7 Å². The molecule has 0 aliphatic heterocycles. The van der Waals surface area contributed by atoms with Gasteiger partial charge in [-0.25, -0.2) is 9.37 Å². The van der Waals surface area contributed by atoms with E-state index in [9.17, 15) is 9.18 Å². The van der Waals surface area contributed by atoms with Gasteiger partial charge in [-0.05, 0) is 53.8 Å². The molecule has 0 N–H and O–H groups in total. The third-order valence-corrected chi connectivity index (χ3v) is 6.21. The summed E-state index contributed by atoms with van der Waals surface area (Å²) in [6.07, 6.45) is 5.66. The van der Waals surface area contributed by atoms with Gasteiger partial charge < -0.3 is 0 Å². The van der Waals surface area contributed by atoms with Crippen LogP contribution in [0.5, 0.6) is 0 Å². The maximum absolute atomic E-state index is 13.2. The van der Waals surface area contributed by atoms with Crippen LogP contribution in [-0.2, 0) is 17.8 Å². The van der Waals surface area contributed by atoms with Crippen molar-refractivity contribution < 1.29 is 9.18 Å². The molecule has 0 radical (unpaired) electrons. The number of thiazole rings is 1. The fourth-order valence-electron chi connectivity index (χ4n) is 2.94. The van der Waals surface area contributed by atoms with Crippen molar-refractivity contribution in [2.24, 2.45) is 0 Å². The molecule has 29 heavy (non-hydrogen) atoms. The van der Waals surface area contributed by atoms with Crippen LogP contribution >= 0.6 is 23.1 Å². The predicted molar refractivity (Wildman–Crippen MR) is 117 cm³/mol. The number of thioether (sulfide) groups is 1. The van der Waals surface area contributed by atoms with Gasteiger partial charge in [0.2, 0.25) is 5.91 Å². The van der Waals surface area contributed by atoms with E-state index in [4.69, 9.17) is 4.98 Å². The largest absolute Gasteiger partial charge is 0.283 e. The summed E-state index contributed by atoms with van der Waals surface area (Å²) in [5.41, 5.74) is 2.55. The molecule has 2 heterocycles. The molecule has 0 aliphatic carbocycles. The van der Waals surface area contributed by atoms with Gasteiger partial charge in [0.1, 0.15) is 5.82 Å². The van der Waals surface area contributed by atoms with Gasteiger partial charge in [0.25, 0.3) is 0 Å². The molecule has 0 unspecified atom stereocenters. The molecular formula is C22H18FN3OS2. The van der Waals surface area contributed by atoms with Crippen LogP contribution in [0.15, 0.2) is 71.9 Å². The van der Waals surface area contributed by atoms with E-state index in [-0.39, 0.29) is 18.1 Å². The monoisotopic (exact) mass is 423 g/mol. The molecule has 2 aromatic carbocycles. The maximum Gasteiger partial charge on any atom is 0.233 e.